The van der Waals surface area contributed by atoms with Crippen molar-refractivity contribution in [1.82, 2.24) is 0 Å². The van der Waals surface area contributed by atoms with Gasteiger partial charge in [0, 0.05) is 21.9 Å². The molecule has 0 spiro atoms. The van der Waals surface area contributed by atoms with E-state index in [1.165, 1.54) is 34.8 Å². The lowest BCUT2D eigenvalue weighted by Crippen LogP contribution is -1.98. The van der Waals surface area contributed by atoms with Crippen molar-refractivity contribution in [1.29, 1.82) is 5.26 Å². The van der Waals surface area contributed by atoms with Crippen molar-refractivity contribution in [2.24, 2.45) is 0 Å². The minimum Gasteiger partial charge on any atom is -0.287 e. The van der Waals surface area contributed by atoms with Crippen molar-refractivity contribution in [3.8, 4) is 16.5 Å². The van der Waals surface area contributed by atoms with Gasteiger partial charge in [0.2, 0.25) is 5.78 Å². The van der Waals surface area contributed by atoms with Gasteiger partial charge in [0.25, 0.3) is 5.69 Å². The Hall–Kier alpha value is -3.08. The maximum absolute atomic E-state index is 12.3. The summed E-state index contributed by atoms with van der Waals surface area (Å²) in [5, 5.41) is 21.9. The first-order valence-corrected chi connectivity index (χ1v) is 8.83. The summed E-state index contributed by atoms with van der Waals surface area (Å²) in [7, 11) is 0. The van der Waals surface area contributed by atoms with Crippen LogP contribution in [-0.2, 0) is 0 Å². The van der Waals surface area contributed by atoms with Gasteiger partial charge in [-0.1, -0.05) is 18.2 Å². The molecule has 0 atom stereocenters. The molecule has 0 fully saturated rings. The molecule has 2 aromatic heterocycles. The molecule has 122 valence electrons. The van der Waals surface area contributed by atoms with Gasteiger partial charge in [0.1, 0.15) is 11.6 Å². The number of benzene rings is 1. The standard InChI is InChI=1S/C18H10N2O3S2/c19-11-13(18(21)17-5-2-8-24-17)10-15-6-7-16(25-15)12-3-1-4-14(9-12)20(22)23/h1-10H/b13-10+. The summed E-state index contributed by atoms with van der Waals surface area (Å²) in [6.07, 6.45) is 1.55. The number of rotatable bonds is 5. The van der Waals surface area contributed by atoms with E-state index in [2.05, 4.69) is 0 Å². The number of thiophene rings is 2. The molecule has 0 saturated heterocycles. The summed E-state index contributed by atoms with van der Waals surface area (Å²) in [6, 6.07) is 15.4. The Morgan fingerprint density at radius 3 is 2.72 bits per heavy atom. The molecule has 0 radical (unpaired) electrons. The van der Waals surface area contributed by atoms with Crippen LogP contribution < -0.4 is 0 Å². The van der Waals surface area contributed by atoms with Crippen LogP contribution in [0.5, 0.6) is 0 Å². The quantitative estimate of drug-likeness (QED) is 0.205. The van der Waals surface area contributed by atoms with Crippen molar-refractivity contribution >= 4 is 40.2 Å². The Balaban J connectivity index is 1.91. The number of hydrogen-bond donors (Lipinski definition) is 0. The van der Waals surface area contributed by atoms with Crippen LogP contribution in [-0.4, -0.2) is 10.7 Å². The number of nitrogens with zero attached hydrogens (tertiary/aromatic N) is 2. The second-order valence-corrected chi connectivity index (χ2v) is 7.05. The fraction of sp³-hybridized carbons (Fsp3) is 0. The van der Waals surface area contributed by atoms with E-state index in [-0.39, 0.29) is 17.0 Å². The summed E-state index contributed by atoms with van der Waals surface area (Å²) in [6.45, 7) is 0. The van der Waals surface area contributed by atoms with Crippen molar-refractivity contribution < 1.29 is 9.72 Å². The Kier molecular flexibility index (Phi) is 4.84. The largest absolute Gasteiger partial charge is 0.287 e. The monoisotopic (exact) mass is 366 g/mol. The maximum Gasteiger partial charge on any atom is 0.270 e. The molecule has 0 aliphatic rings. The van der Waals surface area contributed by atoms with E-state index >= 15 is 0 Å². The zero-order valence-electron chi connectivity index (χ0n) is 12.7. The van der Waals surface area contributed by atoms with Gasteiger partial charge in [-0.25, -0.2) is 0 Å². The highest BCUT2D eigenvalue weighted by atomic mass is 32.1. The zero-order valence-corrected chi connectivity index (χ0v) is 14.3. The minimum atomic E-state index is -0.439. The predicted molar refractivity (Wildman–Crippen MR) is 98.6 cm³/mol. The lowest BCUT2D eigenvalue weighted by molar-refractivity contribution is -0.384. The first-order valence-electron chi connectivity index (χ1n) is 7.13. The highest BCUT2D eigenvalue weighted by Crippen LogP contribution is 2.31. The average molecular weight is 366 g/mol. The summed E-state index contributed by atoms with van der Waals surface area (Å²) >= 11 is 2.66. The molecular formula is C18H10N2O3S2. The summed E-state index contributed by atoms with van der Waals surface area (Å²) < 4.78 is 0. The number of allylic oxidation sites excluding steroid dienone is 1. The molecule has 0 aliphatic heterocycles. The van der Waals surface area contributed by atoms with Gasteiger partial charge < -0.3 is 0 Å². The fourth-order valence-corrected chi connectivity index (χ4v) is 3.82. The van der Waals surface area contributed by atoms with Gasteiger partial charge >= 0.3 is 0 Å². The fourth-order valence-electron chi connectivity index (χ4n) is 2.19. The molecule has 3 rings (SSSR count). The first kappa shape index (κ1) is 16.8. The normalized spacial score (nSPS) is 11.1. The molecule has 0 aliphatic carbocycles. The SMILES string of the molecule is N#C/C(=C\c1ccc(-c2cccc([N+](=O)[O-])c2)s1)C(=O)c1cccs1. The lowest BCUT2D eigenvalue weighted by Gasteiger charge is -1.97. The number of Topliss-reactive ketones (excluding diaryl/α,β-unsaturated/α-hetero) is 1. The minimum absolute atomic E-state index is 0.0218. The topological polar surface area (TPSA) is 84.0 Å². The smallest absolute Gasteiger partial charge is 0.270 e. The number of carbonyl (C=O) groups is 1. The van der Waals surface area contributed by atoms with Crippen LogP contribution in [0.3, 0.4) is 0 Å². The predicted octanol–water partition coefficient (Wildman–Crippen LogP) is 5.17. The molecule has 3 aromatic rings. The highest BCUT2D eigenvalue weighted by Gasteiger charge is 2.14. The highest BCUT2D eigenvalue weighted by molar-refractivity contribution is 7.16. The van der Waals surface area contributed by atoms with Crippen molar-refractivity contribution in [3.05, 3.63) is 79.4 Å². The third-order valence-electron chi connectivity index (χ3n) is 3.36. The number of hydrogen-bond acceptors (Lipinski definition) is 6. The molecule has 0 unspecified atom stereocenters. The number of non-ortho nitro benzene ring substituents is 1. The van der Waals surface area contributed by atoms with Crippen LogP contribution in [0.1, 0.15) is 14.5 Å². The second-order valence-electron chi connectivity index (χ2n) is 4.99. The van der Waals surface area contributed by atoms with Crippen molar-refractivity contribution in [3.63, 3.8) is 0 Å². The Morgan fingerprint density at radius 2 is 2.04 bits per heavy atom. The van der Waals surface area contributed by atoms with E-state index < -0.39 is 4.92 Å². The molecule has 0 N–H and O–H groups in total. The van der Waals surface area contributed by atoms with E-state index in [1.54, 1.807) is 41.8 Å². The van der Waals surface area contributed by atoms with Gasteiger partial charge in [-0.15, -0.1) is 22.7 Å². The third kappa shape index (κ3) is 3.71. The molecule has 1 aromatic carbocycles. The Morgan fingerprint density at radius 1 is 1.20 bits per heavy atom. The van der Waals surface area contributed by atoms with E-state index in [0.29, 0.717) is 4.88 Å². The zero-order chi connectivity index (χ0) is 17.8. The van der Waals surface area contributed by atoms with Gasteiger partial charge in [-0.05, 0) is 35.2 Å². The van der Waals surface area contributed by atoms with Crippen LogP contribution in [0, 0.1) is 21.4 Å². The van der Waals surface area contributed by atoms with Gasteiger partial charge in [0.05, 0.1) is 9.80 Å². The van der Waals surface area contributed by atoms with Crippen LogP contribution in [0.15, 0.2) is 59.5 Å². The molecule has 25 heavy (non-hydrogen) atoms. The molecule has 7 heteroatoms. The van der Waals surface area contributed by atoms with E-state index in [0.717, 1.165) is 15.3 Å². The summed E-state index contributed by atoms with van der Waals surface area (Å²) in [4.78, 5) is 24.8. The number of nitro groups is 1. The number of carbonyl (C=O) groups excluding carboxylic acids is 1. The first-order chi connectivity index (χ1) is 12.1. The summed E-state index contributed by atoms with van der Waals surface area (Å²) in [5.41, 5.74) is 0.811. The van der Waals surface area contributed by atoms with E-state index in [9.17, 15) is 20.2 Å². The molecule has 2 heterocycles. The van der Waals surface area contributed by atoms with Crippen LogP contribution in [0.4, 0.5) is 5.69 Å². The molecule has 5 nitrogen and oxygen atoms in total. The van der Waals surface area contributed by atoms with Crippen LogP contribution in [0.25, 0.3) is 16.5 Å². The van der Waals surface area contributed by atoms with Crippen molar-refractivity contribution in [2.75, 3.05) is 0 Å². The second kappa shape index (κ2) is 7.21. The van der Waals surface area contributed by atoms with Gasteiger partial charge in [-0.2, -0.15) is 5.26 Å². The molecule has 0 amide bonds. The van der Waals surface area contributed by atoms with Gasteiger partial charge in [0.15, 0.2) is 0 Å². The van der Waals surface area contributed by atoms with Crippen LogP contribution in [0.2, 0.25) is 0 Å². The molecular weight excluding hydrogens is 356 g/mol. The number of ketones is 1. The average Bonchev–Trinajstić information content (AvgIpc) is 3.31. The molecule has 0 saturated carbocycles. The number of nitriles is 1. The van der Waals surface area contributed by atoms with E-state index in [4.69, 9.17) is 0 Å². The third-order valence-corrected chi connectivity index (χ3v) is 5.31. The summed E-state index contributed by atoms with van der Waals surface area (Å²) in [5.74, 6) is -0.303. The molecule has 0 bridgehead atoms. The van der Waals surface area contributed by atoms with Crippen LogP contribution >= 0.6 is 22.7 Å². The van der Waals surface area contributed by atoms with Crippen molar-refractivity contribution in [2.45, 2.75) is 0 Å². The maximum atomic E-state index is 12.3. The van der Waals surface area contributed by atoms with E-state index in [1.807, 2.05) is 12.1 Å². The Labute approximate surface area is 151 Å². The Bertz CT molecular complexity index is 1010. The van der Waals surface area contributed by atoms with Gasteiger partial charge in [-0.3, -0.25) is 14.9 Å². The lowest BCUT2D eigenvalue weighted by atomic mass is 10.1. The number of nitro benzene ring substituents is 1.